The van der Waals surface area contributed by atoms with Gasteiger partial charge in [-0.1, -0.05) is 6.07 Å². The fourth-order valence-corrected chi connectivity index (χ4v) is 2.80. The zero-order valence-electron chi connectivity index (χ0n) is 10.9. The number of benzene rings is 1. The Hall–Kier alpha value is -1.47. The lowest BCUT2D eigenvalue weighted by molar-refractivity contribution is -0.139. The highest BCUT2D eigenvalue weighted by Gasteiger charge is 2.35. The summed E-state index contributed by atoms with van der Waals surface area (Å²) < 4.78 is 52.1. The summed E-state index contributed by atoms with van der Waals surface area (Å²) in [6, 6.07) is 3.77. The molecule has 0 spiro atoms. The summed E-state index contributed by atoms with van der Waals surface area (Å²) in [5, 5.41) is 5.27. The van der Waals surface area contributed by atoms with Crippen LogP contribution in [0.3, 0.4) is 0 Å². The zero-order chi connectivity index (χ0) is 15.0. The first kappa shape index (κ1) is 14.5. The summed E-state index contributed by atoms with van der Waals surface area (Å²) in [5.41, 5.74) is -0.640. The van der Waals surface area contributed by atoms with Crippen LogP contribution in [0.15, 0.2) is 23.6 Å². The maximum atomic E-state index is 14.0. The molecule has 1 saturated carbocycles. The lowest BCUT2D eigenvalue weighted by atomic mass is 10.1. The lowest BCUT2D eigenvalue weighted by Gasteiger charge is -2.09. The van der Waals surface area contributed by atoms with Gasteiger partial charge in [-0.15, -0.1) is 11.3 Å². The summed E-state index contributed by atoms with van der Waals surface area (Å²) in [6.07, 6.45) is -2.42. The standard InChI is InChI=1S/C14H12F4N2S/c15-12-10(2-1-3-11(12)14(16,17)18)13-20-9(7-21-13)6-19-8-4-5-8/h1-3,7-8,19H,4-6H2. The molecule has 1 aliphatic carbocycles. The molecule has 2 aromatic rings. The maximum Gasteiger partial charge on any atom is 0.419 e. The Labute approximate surface area is 122 Å². The van der Waals surface area contributed by atoms with E-state index in [0.29, 0.717) is 12.6 Å². The topological polar surface area (TPSA) is 24.9 Å². The van der Waals surface area contributed by atoms with Crippen molar-refractivity contribution in [1.29, 1.82) is 0 Å². The van der Waals surface area contributed by atoms with Crippen LogP contribution in [0.25, 0.3) is 10.6 Å². The van der Waals surface area contributed by atoms with Gasteiger partial charge in [-0.2, -0.15) is 13.2 Å². The molecule has 1 N–H and O–H groups in total. The first-order valence-electron chi connectivity index (χ1n) is 6.49. The van der Waals surface area contributed by atoms with E-state index in [1.165, 1.54) is 12.1 Å². The summed E-state index contributed by atoms with van der Waals surface area (Å²) in [5.74, 6) is -1.26. The predicted molar refractivity (Wildman–Crippen MR) is 72.4 cm³/mol. The van der Waals surface area contributed by atoms with Crippen molar-refractivity contribution in [1.82, 2.24) is 10.3 Å². The highest BCUT2D eigenvalue weighted by Crippen LogP contribution is 2.36. The number of rotatable bonds is 4. The monoisotopic (exact) mass is 316 g/mol. The van der Waals surface area contributed by atoms with E-state index in [1.54, 1.807) is 5.38 Å². The third-order valence-electron chi connectivity index (χ3n) is 3.24. The van der Waals surface area contributed by atoms with Crippen LogP contribution in [-0.4, -0.2) is 11.0 Å². The van der Waals surface area contributed by atoms with Gasteiger partial charge >= 0.3 is 6.18 Å². The summed E-state index contributed by atoms with van der Waals surface area (Å²) in [7, 11) is 0. The summed E-state index contributed by atoms with van der Waals surface area (Å²) >= 11 is 1.15. The molecule has 0 amide bonds. The average molecular weight is 316 g/mol. The highest BCUT2D eigenvalue weighted by atomic mass is 32.1. The van der Waals surface area contributed by atoms with Crippen molar-refractivity contribution in [3.63, 3.8) is 0 Å². The third kappa shape index (κ3) is 3.24. The number of alkyl halides is 3. The van der Waals surface area contributed by atoms with Crippen LogP contribution < -0.4 is 5.32 Å². The maximum absolute atomic E-state index is 14.0. The van der Waals surface area contributed by atoms with E-state index in [9.17, 15) is 17.6 Å². The van der Waals surface area contributed by atoms with Gasteiger partial charge in [-0.25, -0.2) is 9.37 Å². The minimum absolute atomic E-state index is 0.104. The van der Waals surface area contributed by atoms with E-state index < -0.39 is 17.6 Å². The molecule has 1 heterocycles. The number of thiazole rings is 1. The second kappa shape index (κ2) is 5.38. The molecule has 0 radical (unpaired) electrons. The third-order valence-corrected chi connectivity index (χ3v) is 4.16. The molecule has 0 bridgehead atoms. The SMILES string of the molecule is Fc1c(-c2nc(CNC3CC3)cs2)cccc1C(F)(F)F. The molecule has 3 rings (SSSR count). The van der Waals surface area contributed by atoms with Crippen LogP contribution in [0.1, 0.15) is 24.1 Å². The van der Waals surface area contributed by atoms with Gasteiger partial charge in [0.05, 0.1) is 11.3 Å². The van der Waals surface area contributed by atoms with E-state index in [1.807, 2.05) is 0 Å². The Balaban J connectivity index is 1.86. The van der Waals surface area contributed by atoms with E-state index in [4.69, 9.17) is 0 Å². The van der Waals surface area contributed by atoms with Crippen molar-refractivity contribution in [2.24, 2.45) is 0 Å². The molecule has 0 saturated heterocycles. The zero-order valence-corrected chi connectivity index (χ0v) is 11.7. The fourth-order valence-electron chi connectivity index (χ4n) is 1.96. The van der Waals surface area contributed by atoms with Crippen LogP contribution in [0.4, 0.5) is 17.6 Å². The number of aromatic nitrogens is 1. The van der Waals surface area contributed by atoms with Crippen LogP contribution in [0.5, 0.6) is 0 Å². The molecule has 2 nitrogen and oxygen atoms in total. The second-order valence-electron chi connectivity index (χ2n) is 4.96. The lowest BCUT2D eigenvalue weighted by Crippen LogP contribution is -2.15. The van der Waals surface area contributed by atoms with Gasteiger partial charge in [0.2, 0.25) is 0 Å². The minimum Gasteiger partial charge on any atom is -0.308 e. The molecule has 0 aliphatic heterocycles. The average Bonchev–Trinajstić information content (AvgIpc) is 3.13. The molecule has 1 aliphatic rings. The normalized spacial score (nSPS) is 15.4. The number of nitrogens with one attached hydrogen (secondary N) is 1. The van der Waals surface area contributed by atoms with Crippen LogP contribution >= 0.6 is 11.3 Å². The van der Waals surface area contributed by atoms with Crippen molar-refractivity contribution < 1.29 is 17.6 Å². The van der Waals surface area contributed by atoms with Crippen molar-refractivity contribution in [2.45, 2.75) is 31.6 Å². The van der Waals surface area contributed by atoms with Gasteiger partial charge < -0.3 is 5.32 Å². The van der Waals surface area contributed by atoms with E-state index in [-0.39, 0.29) is 10.6 Å². The first-order chi connectivity index (χ1) is 9.95. The number of hydrogen-bond acceptors (Lipinski definition) is 3. The molecular formula is C14H12F4N2S. The van der Waals surface area contributed by atoms with Crippen molar-refractivity contribution in [2.75, 3.05) is 0 Å². The van der Waals surface area contributed by atoms with Gasteiger partial charge in [0.25, 0.3) is 0 Å². The van der Waals surface area contributed by atoms with Gasteiger partial charge in [0, 0.05) is 23.5 Å². The fraction of sp³-hybridized carbons (Fsp3) is 0.357. The predicted octanol–water partition coefficient (Wildman–Crippen LogP) is 4.22. The Morgan fingerprint density at radius 1 is 1.29 bits per heavy atom. The Morgan fingerprint density at radius 2 is 2.05 bits per heavy atom. The second-order valence-corrected chi connectivity index (χ2v) is 5.82. The van der Waals surface area contributed by atoms with Gasteiger partial charge in [0.1, 0.15) is 10.8 Å². The molecule has 1 fully saturated rings. The Kier molecular flexibility index (Phi) is 3.71. The molecular weight excluding hydrogens is 304 g/mol. The molecule has 0 atom stereocenters. The molecule has 112 valence electrons. The minimum atomic E-state index is -4.70. The molecule has 0 unspecified atom stereocenters. The smallest absolute Gasteiger partial charge is 0.308 e. The van der Waals surface area contributed by atoms with Crippen molar-refractivity contribution in [3.8, 4) is 10.6 Å². The van der Waals surface area contributed by atoms with Crippen LogP contribution in [-0.2, 0) is 12.7 Å². The van der Waals surface area contributed by atoms with E-state index in [0.717, 1.165) is 35.9 Å². The quantitative estimate of drug-likeness (QED) is 0.854. The van der Waals surface area contributed by atoms with Gasteiger partial charge in [0.15, 0.2) is 0 Å². The van der Waals surface area contributed by atoms with E-state index in [2.05, 4.69) is 10.3 Å². The summed E-state index contributed by atoms with van der Waals surface area (Å²) in [6.45, 7) is 0.557. The molecule has 7 heteroatoms. The highest BCUT2D eigenvalue weighted by molar-refractivity contribution is 7.13. The Morgan fingerprint density at radius 3 is 2.71 bits per heavy atom. The van der Waals surface area contributed by atoms with E-state index >= 15 is 0 Å². The molecule has 21 heavy (non-hydrogen) atoms. The number of halogens is 4. The van der Waals surface area contributed by atoms with Gasteiger partial charge in [-0.05, 0) is 25.0 Å². The number of nitrogens with zero attached hydrogens (tertiary/aromatic N) is 1. The number of hydrogen-bond donors (Lipinski definition) is 1. The molecule has 1 aromatic heterocycles. The van der Waals surface area contributed by atoms with Gasteiger partial charge in [-0.3, -0.25) is 0 Å². The van der Waals surface area contributed by atoms with Crippen molar-refractivity contribution >= 4 is 11.3 Å². The van der Waals surface area contributed by atoms with Crippen LogP contribution in [0.2, 0.25) is 0 Å². The Bertz CT molecular complexity index is 647. The van der Waals surface area contributed by atoms with Crippen molar-refractivity contribution in [3.05, 3.63) is 40.7 Å². The van der Waals surface area contributed by atoms with Crippen LogP contribution in [0, 0.1) is 5.82 Å². The molecule has 1 aromatic carbocycles. The largest absolute Gasteiger partial charge is 0.419 e. The first-order valence-corrected chi connectivity index (χ1v) is 7.37. The summed E-state index contributed by atoms with van der Waals surface area (Å²) in [4.78, 5) is 4.21.